The Morgan fingerprint density at radius 1 is 1.22 bits per heavy atom. The van der Waals surface area contributed by atoms with E-state index < -0.39 is 0 Å². The van der Waals surface area contributed by atoms with Gasteiger partial charge in [-0.15, -0.1) is 0 Å². The molecule has 23 heavy (non-hydrogen) atoms. The fourth-order valence-electron chi connectivity index (χ4n) is 2.23. The number of aromatic nitrogens is 3. The van der Waals surface area contributed by atoms with Crippen LogP contribution in [0.3, 0.4) is 0 Å². The van der Waals surface area contributed by atoms with Crippen LogP contribution in [0.1, 0.15) is 31.2 Å². The van der Waals surface area contributed by atoms with Crippen LogP contribution in [0.2, 0.25) is 0 Å². The van der Waals surface area contributed by atoms with Gasteiger partial charge in [0.15, 0.2) is 0 Å². The molecule has 1 aromatic carbocycles. The maximum Gasteiger partial charge on any atom is 0.282 e. The lowest BCUT2D eigenvalue weighted by Gasteiger charge is -2.11. The Morgan fingerprint density at radius 2 is 1.96 bits per heavy atom. The minimum atomic E-state index is -0.176. The Labute approximate surface area is 141 Å². The van der Waals surface area contributed by atoms with E-state index in [-0.39, 0.29) is 11.5 Å². The van der Waals surface area contributed by atoms with Crippen molar-refractivity contribution in [3.8, 4) is 0 Å². The standard InChI is InChI=1S/C17H15BrN4O/c1-11(2)16-21-15-4-3-13(18)9-14(15)17(23)22(16)20-10-12-5-7-19-8-6-12/h3-11H,1-2H3. The van der Waals surface area contributed by atoms with Crippen molar-refractivity contribution in [3.63, 3.8) is 0 Å². The molecule has 3 aromatic rings. The summed E-state index contributed by atoms with van der Waals surface area (Å²) in [5.41, 5.74) is 1.37. The number of halogens is 1. The number of benzene rings is 1. The minimum absolute atomic E-state index is 0.0744. The van der Waals surface area contributed by atoms with E-state index in [1.807, 2.05) is 38.1 Å². The monoisotopic (exact) mass is 370 g/mol. The molecule has 0 saturated carbocycles. The summed E-state index contributed by atoms with van der Waals surface area (Å²) in [7, 11) is 0. The lowest BCUT2D eigenvalue weighted by molar-refractivity contribution is 0.665. The Bertz CT molecular complexity index is 932. The van der Waals surface area contributed by atoms with Crippen LogP contribution in [0.5, 0.6) is 0 Å². The van der Waals surface area contributed by atoms with Gasteiger partial charge in [0, 0.05) is 22.8 Å². The van der Waals surface area contributed by atoms with Crippen molar-refractivity contribution in [1.29, 1.82) is 0 Å². The van der Waals surface area contributed by atoms with Crippen LogP contribution < -0.4 is 5.56 Å². The van der Waals surface area contributed by atoms with Crippen LogP contribution in [0.4, 0.5) is 0 Å². The van der Waals surface area contributed by atoms with Gasteiger partial charge in [0.1, 0.15) is 5.82 Å². The summed E-state index contributed by atoms with van der Waals surface area (Å²) < 4.78 is 2.21. The van der Waals surface area contributed by atoms with E-state index in [0.717, 1.165) is 10.0 Å². The molecule has 0 aliphatic heterocycles. The molecule has 0 amide bonds. The number of fused-ring (bicyclic) bond motifs is 1. The van der Waals surface area contributed by atoms with Crippen LogP contribution in [0, 0.1) is 0 Å². The normalized spacial score (nSPS) is 11.7. The van der Waals surface area contributed by atoms with Crippen molar-refractivity contribution in [3.05, 3.63) is 68.9 Å². The average molecular weight is 371 g/mol. The average Bonchev–Trinajstić information content (AvgIpc) is 2.55. The van der Waals surface area contributed by atoms with Crippen molar-refractivity contribution in [2.75, 3.05) is 0 Å². The predicted octanol–water partition coefficient (Wildman–Crippen LogP) is 3.56. The second kappa shape index (κ2) is 6.42. The van der Waals surface area contributed by atoms with E-state index in [9.17, 15) is 4.79 Å². The third-order valence-electron chi connectivity index (χ3n) is 3.38. The third kappa shape index (κ3) is 3.22. The van der Waals surface area contributed by atoms with E-state index in [1.54, 1.807) is 24.7 Å². The molecule has 0 aliphatic carbocycles. The van der Waals surface area contributed by atoms with Crippen molar-refractivity contribution in [2.24, 2.45) is 5.10 Å². The van der Waals surface area contributed by atoms with Crippen LogP contribution >= 0.6 is 15.9 Å². The summed E-state index contributed by atoms with van der Waals surface area (Å²) in [6.07, 6.45) is 5.01. The van der Waals surface area contributed by atoms with Gasteiger partial charge < -0.3 is 0 Å². The van der Waals surface area contributed by atoms with Crippen molar-refractivity contribution in [1.82, 2.24) is 14.6 Å². The zero-order valence-electron chi connectivity index (χ0n) is 12.8. The first kappa shape index (κ1) is 15.6. The first-order chi connectivity index (χ1) is 11.1. The Hall–Kier alpha value is -2.34. The van der Waals surface area contributed by atoms with Crippen LogP contribution in [-0.2, 0) is 0 Å². The van der Waals surface area contributed by atoms with Crippen LogP contribution in [-0.4, -0.2) is 20.9 Å². The Morgan fingerprint density at radius 3 is 2.65 bits per heavy atom. The number of hydrogen-bond acceptors (Lipinski definition) is 4. The summed E-state index contributed by atoms with van der Waals surface area (Å²) in [5, 5.41) is 4.89. The molecule has 0 saturated heterocycles. The van der Waals surface area contributed by atoms with Gasteiger partial charge in [-0.1, -0.05) is 29.8 Å². The number of pyridine rings is 1. The van der Waals surface area contributed by atoms with Crippen molar-refractivity contribution in [2.45, 2.75) is 19.8 Å². The van der Waals surface area contributed by atoms with Gasteiger partial charge in [0.2, 0.25) is 0 Å². The van der Waals surface area contributed by atoms with Gasteiger partial charge in [-0.05, 0) is 35.9 Å². The van der Waals surface area contributed by atoms with Crippen molar-refractivity contribution >= 4 is 33.0 Å². The summed E-state index contributed by atoms with van der Waals surface area (Å²) in [4.78, 5) is 21.4. The molecule has 0 atom stereocenters. The van der Waals surface area contributed by atoms with E-state index in [4.69, 9.17) is 0 Å². The minimum Gasteiger partial charge on any atom is -0.267 e. The highest BCUT2D eigenvalue weighted by Crippen LogP contribution is 2.18. The molecule has 0 unspecified atom stereocenters. The first-order valence-electron chi connectivity index (χ1n) is 7.23. The highest BCUT2D eigenvalue weighted by molar-refractivity contribution is 9.10. The molecular formula is C17H15BrN4O. The number of nitrogens with zero attached hydrogens (tertiary/aromatic N) is 4. The summed E-state index contributed by atoms with van der Waals surface area (Å²) in [6.45, 7) is 3.98. The van der Waals surface area contributed by atoms with E-state index in [0.29, 0.717) is 16.7 Å². The Kier molecular flexibility index (Phi) is 4.34. The molecule has 0 aliphatic rings. The van der Waals surface area contributed by atoms with E-state index >= 15 is 0 Å². The molecule has 0 fully saturated rings. The van der Waals surface area contributed by atoms with Crippen LogP contribution in [0.25, 0.3) is 10.9 Å². The molecule has 0 spiro atoms. The summed E-state index contributed by atoms with van der Waals surface area (Å²) in [6, 6.07) is 9.14. The lowest BCUT2D eigenvalue weighted by atomic mass is 10.2. The lowest BCUT2D eigenvalue weighted by Crippen LogP contribution is -2.23. The molecule has 2 aromatic heterocycles. The fourth-order valence-corrected chi connectivity index (χ4v) is 2.59. The Balaban J connectivity index is 2.21. The van der Waals surface area contributed by atoms with Crippen LogP contribution in [0.15, 0.2) is 57.1 Å². The second-order valence-electron chi connectivity index (χ2n) is 5.43. The van der Waals surface area contributed by atoms with E-state index in [1.165, 1.54) is 4.68 Å². The van der Waals surface area contributed by atoms with Gasteiger partial charge >= 0.3 is 0 Å². The van der Waals surface area contributed by atoms with Crippen molar-refractivity contribution < 1.29 is 0 Å². The molecular weight excluding hydrogens is 356 g/mol. The zero-order valence-corrected chi connectivity index (χ0v) is 14.4. The van der Waals surface area contributed by atoms with Gasteiger partial charge in [0.25, 0.3) is 5.56 Å². The molecule has 2 heterocycles. The molecule has 116 valence electrons. The predicted molar refractivity (Wildman–Crippen MR) is 95.0 cm³/mol. The topological polar surface area (TPSA) is 60.1 Å². The molecule has 0 N–H and O–H groups in total. The zero-order chi connectivity index (χ0) is 16.4. The third-order valence-corrected chi connectivity index (χ3v) is 3.87. The molecule has 3 rings (SSSR count). The molecule has 6 heteroatoms. The van der Waals surface area contributed by atoms with Gasteiger partial charge in [-0.3, -0.25) is 9.78 Å². The summed E-state index contributed by atoms with van der Waals surface area (Å²) >= 11 is 3.39. The highest BCUT2D eigenvalue weighted by Gasteiger charge is 2.13. The highest BCUT2D eigenvalue weighted by atomic mass is 79.9. The molecule has 0 bridgehead atoms. The maximum atomic E-state index is 12.8. The van der Waals surface area contributed by atoms with Gasteiger partial charge in [-0.2, -0.15) is 9.78 Å². The fraction of sp³-hybridized carbons (Fsp3) is 0.176. The smallest absolute Gasteiger partial charge is 0.267 e. The largest absolute Gasteiger partial charge is 0.282 e. The quantitative estimate of drug-likeness (QED) is 0.662. The molecule has 0 radical (unpaired) electrons. The second-order valence-corrected chi connectivity index (χ2v) is 6.34. The first-order valence-corrected chi connectivity index (χ1v) is 8.02. The maximum absolute atomic E-state index is 12.8. The SMILES string of the molecule is CC(C)c1nc2ccc(Br)cc2c(=O)n1N=Cc1ccncc1. The van der Waals surface area contributed by atoms with Gasteiger partial charge in [0.05, 0.1) is 17.1 Å². The number of rotatable bonds is 3. The summed E-state index contributed by atoms with van der Waals surface area (Å²) in [5.74, 6) is 0.709. The van der Waals surface area contributed by atoms with Gasteiger partial charge in [-0.25, -0.2) is 4.98 Å². The molecule has 5 nitrogen and oxygen atoms in total. The number of hydrogen-bond donors (Lipinski definition) is 0. The van der Waals surface area contributed by atoms with E-state index in [2.05, 4.69) is 31.0 Å².